The number of halogens is 1. The molecule has 3 fully saturated rings. The summed E-state index contributed by atoms with van der Waals surface area (Å²) in [5.41, 5.74) is 0.862. The number of carbonyl (C=O) groups excluding carboxylic acids is 1. The Morgan fingerprint density at radius 2 is 1.97 bits per heavy atom. The molecule has 5 aliphatic rings. The van der Waals surface area contributed by atoms with Gasteiger partial charge in [0.2, 0.25) is 0 Å². The molecular weight excluding hydrogens is 459 g/mol. The molecule has 1 amide bonds. The average Bonchev–Trinajstić information content (AvgIpc) is 3.51. The molecule has 0 radical (unpaired) electrons. The summed E-state index contributed by atoms with van der Waals surface area (Å²) < 4.78 is 21.2. The summed E-state index contributed by atoms with van der Waals surface area (Å²) in [6.45, 7) is 6.16. The number of phenols is 1. The van der Waals surface area contributed by atoms with Gasteiger partial charge in [0.05, 0.1) is 23.6 Å². The van der Waals surface area contributed by atoms with Crippen LogP contribution in [-0.2, 0) is 12.0 Å². The zero-order valence-electron chi connectivity index (χ0n) is 20.8. The molecule has 6 nitrogen and oxygen atoms in total. The van der Waals surface area contributed by atoms with Crippen LogP contribution in [0, 0.1) is 18.7 Å². The number of hydrogen-bond acceptors (Lipinski definition) is 5. The molecule has 0 aromatic heterocycles. The van der Waals surface area contributed by atoms with Crippen molar-refractivity contribution in [1.29, 1.82) is 0 Å². The number of aromatic hydroxyl groups is 1. The predicted molar refractivity (Wildman–Crippen MR) is 132 cm³/mol. The first kappa shape index (κ1) is 22.5. The molecule has 3 aliphatic heterocycles. The van der Waals surface area contributed by atoms with Gasteiger partial charge in [-0.2, -0.15) is 0 Å². The monoisotopic (exact) mass is 492 g/mol. The van der Waals surface area contributed by atoms with Crippen molar-refractivity contribution in [3.63, 3.8) is 0 Å². The van der Waals surface area contributed by atoms with Crippen molar-refractivity contribution in [2.75, 3.05) is 13.1 Å². The minimum atomic E-state index is -1.08. The number of amides is 1. The highest BCUT2D eigenvalue weighted by atomic mass is 19.1. The van der Waals surface area contributed by atoms with Crippen molar-refractivity contribution in [3.8, 4) is 11.5 Å². The molecule has 2 N–H and O–H groups in total. The van der Waals surface area contributed by atoms with E-state index in [9.17, 15) is 19.4 Å². The lowest BCUT2D eigenvalue weighted by atomic mass is 9.51. The summed E-state index contributed by atoms with van der Waals surface area (Å²) >= 11 is 0. The smallest absolute Gasteiger partial charge is 0.254 e. The van der Waals surface area contributed by atoms with Crippen molar-refractivity contribution in [3.05, 3.63) is 58.4 Å². The molecule has 7 rings (SSSR count). The second-order valence-electron chi connectivity index (χ2n) is 11.7. The highest BCUT2D eigenvalue weighted by Crippen LogP contribution is 2.63. The first-order valence-electron chi connectivity index (χ1n) is 13.3. The summed E-state index contributed by atoms with van der Waals surface area (Å²) in [4.78, 5) is 17.7. The van der Waals surface area contributed by atoms with Crippen LogP contribution < -0.4 is 4.74 Å². The number of likely N-dealkylation sites (tertiary alicyclic amines) is 1. The number of rotatable bonds is 3. The van der Waals surface area contributed by atoms with Crippen LogP contribution in [-0.4, -0.2) is 62.8 Å². The summed E-state index contributed by atoms with van der Waals surface area (Å²) in [7, 11) is 0. The van der Waals surface area contributed by atoms with Gasteiger partial charge in [0.15, 0.2) is 11.5 Å². The van der Waals surface area contributed by atoms with Crippen LogP contribution in [0.15, 0.2) is 30.3 Å². The van der Waals surface area contributed by atoms with Gasteiger partial charge in [-0.25, -0.2) is 4.39 Å². The summed E-state index contributed by atoms with van der Waals surface area (Å²) in [6, 6.07) is 7.79. The third-order valence-electron chi connectivity index (χ3n) is 10.0. The van der Waals surface area contributed by atoms with Crippen molar-refractivity contribution in [2.24, 2.45) is 5.92 Å². The Balaban J connectivity index is 1.34. The third-order valence-corrected chi connectivity index (χ3v) is 10.0. The molecule has 0 unspecified atom stereocenters. The van der Waals surface area contributed by atoms with Gasteiger partial charge < -0.3 is 19.8 Å². The molecule has 2 aromatic carbocycles. The molecule has 7 heteroatoms. The molecule has 36 heavy (non-hydrogen) atoms. The van der Waals surface area contributed by atoms with Crippen molar-refractivity contribution >= 4 is 5.91 Å². The highest BCUT2D eigenvalue weighted by molar-refractivity contribution is 5.98. The number of carbonyl (C=O) groups is 1. The maximum absolute atomic E-state index is 14.6. The summed E-state index contributed by atoms with van der Waals surface area (Å²) in [5, 5.41) is 23.5. The lowest BCUT2D eigenvalue weighted by Crippen LogP contribution is -2.75. The minimum Gasteiger partial charge on any atom is -0.504 e. The SMILES string of the molecule is Cc1ccc(O)c2c1[C@]13CCN(CC4CC4)[C@H](C)[C@]1(O)CC[C@@H](N1Cc4c(F)cccc4C1=O)[C@@H]3O2. The van der Waals surface area contributed by atoms with Crippen molar-refractivity contribution in [1.82, 2.24) is 9.80 Å². The number of hydrogen-bond donors (Lipinski definition) is 2. The van der Waals surface area contributed by atoms with Crippen LogP contribution >= 0.6 is 0 Å². The van der Waals surface area contributed by atoms with Crippen LogP contribution in [0.5, 0.6) is 11.5 Å². The second kappa shape index (κ2) is 7.45. The van der Waals surface area contributed by atoms with E-state index < -0.39 is 17.1 Å². The Morgan fingerprint density at radius 3 is 2.72 bits per heavy atom. The van der Waals surface area contributed by atoms with Gasteiger partial charge in [-0.3, -0.25) is 9.69 Å². The van der Waals surface area contributed by atoms with E-state index in [1.165, 1.54) is 18.9 Å². The lowest BCUT2D eigenvalue weighted by molar-refractivity contribution is -0.189. The number of phenolic OH excluding ortho intramolecular Hbond substituents is 1. The Kier molecular flexibility index (Phi) is 4.67. The fraction of sp³-hybridized carbons (Fsp3) is 0.552. The number of nitrogens with zero attached hydrogens (tertiary/aromatic N) is 2. The molecule has 2 aliphatic carbocycles. The topological polar surface area (TPSA) is 73.2 Å². The van der Waals surface area contributed by atoms with E-state index >= 15 is 0 Å². The van der Waals surface area contributed by atoms with Gasteiger partial charge in [0.1, 0.15) is 11.9 Å². The molecule has 0 bridgehead atoms. The Labute approximate surface area is 210 Å². The van der Waals surface area contributed by atoms with Crippen molar-refractivity contribution in [2.45, 2.75) is 81.7 Å². The van der Waals surface area contributed by atoms with E-state index in [4.69, 9.17) is 4.74 Å². The molecule has 2 aromatic rings. The first-order chi connectivity index (χ1) is 17.3. The summed E-state index contributed by atoms with van der Waals surface area (Å²) in [6.07, 6.45) is 3.74. The zero-order chi connectivity index (χ0) is 25.0. The van der Waals surface area contributed by atoms with E-state index in [2.05, 4.69) is 11.8 Å². The second-order valence-corrected chi connectivity index (χ2v) is 11.7. The molecule has 1 saturated heterocycles. The Hall–Kier alpha value is -2.64. The van der Waals surface area contributed by atoms with E-state index in [0.717, 1.165) is 24.2 Å². The number of ether oxygens (including phenoxy) is 1. The van der Waals surface area contributed by atoms with Crippen LogP contribution in [0.2, 0.25) is 0 Å². The predicted octanol–water partition coefficient (Wildman–Crippen LogP) is 3.89. The van der Waals surface area contributed by atoms with Gasteiger partial charge in [0.25, 0.3) is 5.91 Å². The van der Waals surface area contributed by atoms with Crippen LogP contribution in [0.4, 0.5) is 4.39 Å². The minimum absolute atomic E-state index is 0.0654. The van der Waals surface area contributed by atoms with Gasteiger partial charge in [-0.1, -0.05) is 12.1 Å². The molecule has 5 atom stereocenters. The van der Waals surface area contributed by atoms with Crippen molar-refractivity contribution < 1.29 is 24.1 Å². The lowest BCUT2D eigenvalue weighted by Gasteiger charge is -2.62. The Morgan fingerprint density at radius 1 is 1.17 bits per heavy atom. The maximum atomic E-state index is 14.6. The number of aliphatic hydroxyl groups is 1. The van der Waals surface area contributed by atoms with Gasteiger partial charge in [-0.05, 0) is 82.2 Å². The van der Waals surface area contributed by atoms with Gasteiger partial charge >= 0.3 is 0 Å². The van der Waals surface area contributed by atoms with Crippen LogP contribution in [0.25, 0.3) is 0 Å². The molecular formula is C29H33FN2O4. The van der Waals surface area contributed by atoms with E-state index in [-0.39, 0.29) is 36.1 Å². The first-order valence-corrected chi connectivity index (χ1v) is 13.3. The molecule has 3 heterocycles. The van der Waals surface area contributed by atoms with E-state index in [1.54, 1.807) is 23.1 Å². The van der Waals surface area contributed by atoms with Crippen LogP contribution in [0.1, 0.15) is 66.1 Å². The number of fused-ring (bicyclic) bond motifs is 2. The molecule has 1 spiro atoms. The zero-order valence-corrected chi connectivity index (χ0v) is 20.8. The van der Waals surface area contributed by atoms with E-state index in [0.29, 0.717) is 42.1 Å². The van der Waals surface area contributed by atoms with Crippen LogP contribution in [0.3, 0.4) is 0 Å². The normalized spacial score (nSPS) is 35.2. The largest absolute Gasteiger partial charge is 0.504 e. The number of piperidine rings is 1. The standard InChI is InChI=1S/C29H33FN2O4/c1-16-6-9-23(33)25-24(16)28-12-13-31(14-18-7-8-18)17(2)29(28,35)11-10-22(26(28)36-25)32-15-20-19(27(32)34)4-3-5-21(20)30/h3-6,9,17-18,22,26,33,35H,7-8,10-15H2,1-2H3/t17-,22-,26+,28+,29-/m1/s1. The molecule has 2 saturated carbocycles. The fourth-order valence-electron chi connectivity index (χ4n) is 7.99. The van der Waals surface area contributed by atoms with Gasteiger partial charge in [0, 0.05) is 29.3 Å². The van der Waals surface area contributed by atoms with Gasteiger partial charge in [-0.15, -0.1) is 0 Å². The fourth-order valence-corrected chi connectivity index (χ4v) is 7.99. The number of benzene rings is 2. The average molecular weight is 493 g/mol. The molecule has 190 valence electrons. The quantitative estimate of drug-likeness (QED) is 0.680. The highest BCUT2D eigenvalue weighted by Gasteiger charge is 2.71. The maximum Gasteiger partial charge on any atom is 0.254 e. The third kappa shape index (κ3) is 2.76. The number of aryl methyl sites for hydroxylation is 1. The van der Waals surface area contributed by atoms with E-state index in [1.807, 2.05) is 13.0 Å². The summed E-state index contributed by atoms with van der Waals surface area (Å²) in [5.74, 6) is 0.663. The Bertz CT molecular complexity index is 1280.